The number of carbonyl (C=O) groups excluding carboxylic acids is 1. The van der Waals surface area contributed by atoms with Gasteiger partial charge < -0.3 is 5.32 Å². The van der Waals surface area contributed by atoms with Crippen molar-refractivity contribution in [2.45, 2.75) is 39.7 Å². The Labute approximate surface area is 111 Å². The van der Waals surface area contributed by atoms with Gasteiger partial charge in [-0.05, 0) is 45.6 Å². The minimum absolute atomic E-state index is 0.189. The van der Waals surface area contributed by atoms with Crippen LogP contribution in [0.3, 0.4) is 0 Å². The second-order valence-corrected chi connectivity index (χ2v) is 5.29. The largest absolute Gasteiger partial charge is 0.347 e. The van der Waals surface area contributed by atoms with Gasteiger partial charge in [-0.25, -0.2) is 9.50 Å². The SMILES string of the molecule is Cc1cc(C)n2nc(C(=O)NC(C)C3CC3)nc2n1. The van der Waals surface area contributed by atoms with Gasteiger partial charge in [0.1, 0.15) is 0 Å². The molecule has 2 aromatic rings. The minimum Gasteiger partial charge on any atom is -0.347 e. The number of carbonyl (C=O) groups is 1. The van der Waals surface area contributed by atoms with Crippen molar-refractivity contribution in [3.8, 4) is 0 Å². The maximum atomic E-state index is 12.1. The number of aryl methyl sites for hydroxylation is 2. The van der Waals surface area contributed by atoms with E-state index in [1.54, 1.807) is 4.52 Å². The number of nitrogens with zero attached hydrogens (tertiary/aromatic N) is 4. The van der Waals surface area contributed by atoms with Gasteiger partial charge in [-0.3, -0.25) is 4.79 Å². The van der Waals surface area contributed by atoms with Crippen molar-refractivity contribution in [2.24, 2.45) is 5.92 Å². The molecule has 1 fully saturated rings. The Kier molecular flexibility index (Phi) is 2.73. The van der Waals surface area contributed by atoms with Gasteiger partial charge in [0.15, 0.2) is 0 Å². The molecule has 0 radical (unpaired) electrons. The summed E-state index contributed by atoms with van der Waals surface area (Å²) < 4.78 is 1.60. The molecule has 100 valence electrons. The molecule has 19 heavy (non-hydrogen) atoms. The number of hydrogen-bond acceptors (Lipinski definition) is 4. The molecule has 6 nitrogen and oxygen atoms in total. The number of nitrogens with one attached hydrogen (secondary N) is 1. The van der Waals surface area contributed by atoms with E-state index in [1.807, 2.05) is 26.8 Å². The molecule has 1 unspecified atom stereocenters. The fraction of sp³-hybridized carbons (Fsp3) is 0.538. The average Bonchev–Trinajstić information content (AvgIpc) is 3.09. The molecule has 6 heteroatoms. The first-order valence-corrected chi connectivity index (χ1v) is 6.56. The Balaban J connectivity index is 1.88. The first-order valence-electron chi connectivity index (χ1n) is 6.56. The van der Waals surface area contributed by atoms with E-state index >= 15 is 0 Å². The van der Waals surface area contributed by atoms with Gasteiger partial charge in [0.05, 0.1) is 0 Å². The van der Waals surface area contributed by atoms with Crippen LogP contribution in [0.4, 0.5) is 0 Å². The van der Waals surface area contributed by atoms with Crippen LogP contribution < -0.4 is 5.32 Å². The summed E-state index contributed by atoms with van der Waals surface area (Å²) in [5, 5.41) is 7.17. The molecule has 1 atom stereocenters. The second-order valence-electron chi connectivity index (χ2n) is 5.29. The summed E-state index contributed by atoms with van der Waals surface area (Å²) in [6.07, 6.45) is 2.39. The molecule has 1 N–H and O–H groups in total. The molecule has 0 saturated heterocycles. The van der Waals surface area contributed by atoms with Crippen LogP contribution in [0.5, 0.6) is 0 Å². The Morgan fingerprint density at radius 3 is 2.84 bits per heavy atom. The molecule has 2 heterocycles. The van der Waals surface area contributed by atoms with E-state index < -0.39 is 0 Å². The molecule has 1 amide bonds. The Morgan fingerprint density at radius 2 is 2.16 bits per heavy atom. The zero-order chi connectivity index (χ0) is 13.6. The highest BCUT2D eigenvalue weighted by Gasteiger charge is 2.30. The van der Waals surface area contributed by atoms with Crippen molar-refractivity contribution >= 4 is 11.7 Å². The second kappa shape index (κ2) is 4.29. The molecule has 0 aromatic carbocycles. The average molecular weight is 259 g/mol. The van der Waals surface area contributed by atoms with E-state index in [0.29, 0.717) is 11.7 Å². The van der Waals surface area contributed by atoms with E-state index in [2.05, 4.69) is 20.4 Å². The number of amides is 1. The Morgan fingerprint density at radius 1 is 1.42 bits per heavy atom. The molecule has 3 rings (SSSR count). The van der Waals surface area contributed by atoms with E-state index in [-0.39, 0.29) is 17.8 Å². The van der Waals surface area contributed by atoms with Crippen LogP contribution in [0.15, 0.2) is 6.07 Å². The lowest BCUT2D eigenvalue weighted by atomic mass is 10.2. The topological polar surface area (TPSA) is 72.2 Å². The van der Waals surface area contributed by atoms with Crippen LogP contribution in [0.25, 0.3) is 5.78 Å². The van der Waals surface area contributed by atoms with Crippen LogP contribution in [-0.2, 0) is 0 Å². The fourth-order valence-electron chi connectivity index (χ4n) is 2.25. The highest BCUT2D eigenvalue weighted by molar-refractivity contribution is 5.91. The van der Waals surface area contributed by atoms with Crippen molar-refractivity contribution in [1.29, 1.82) is 0 Å². The first-order chi connectivity index (χ1) is 9.04. The van der Waals surface area contributed by atoms with Crippen molar-refractivity contribution in [2.75, 3.05) is 0 Å². The van der Waals surface area contributed by atoms with Crippen LogP contribution in [-0.4, -0.2) is 31.5 Å². The summed E-state index contributed by atoms with van der Waals surface area (Å²) in [5.74, 6) is 1.06. The molecular formula is C13H17N5O. The van der Waals surface area contributed by atoms with E-state index in [9.17, 15) is 4.79 Å². The maximum Gasteiger partial charge on any atom is 0.291 e. The standard InChI is InChI=1S/C13H17N5O/c1-7-6-8(2)18-13(14-7)16-11(17-18)12(19)15-9(3)10-4-5-10/h6,9-10H,4-5H2,1-3H3,(H,15,19). The molecule has 2 aromatic heterocycles. The monoisotopic (exact) mass is 259 g/mol. The van der Waals surface area contributed by atoms with Gasteiger partial charge in [0, 0.05) is 17.4 Å². The predicted octanol–water partition coefficient (Wildman–Crippen LogP) is 1.27. The van der Waals surface area contributed by atoms with Crippen LogP contribution >= 0.6 is 0 Å². The predicted molar refractivity (Wildman–Crippen MR) is 69.9 cm³/mol. The van der Waals surface area contributed by atoms with Crippen molar-refractivity contribution in [3.05, 3.63) is 23.3 Å². The molecular weight excluding hydrogens is 242 g/mol. The molecule has 1 aliphatic rings. The summed E-state index contributed by atoms with van der Waals surface area (Å²) in [6, 6.07) is 2.10. The summed E-state index contributed by atoms with van der Waals surface area (Å²) in [6.45, 7) is 5.85. The van der Waals surface area contributed by atoms with Gasteiger partial charge in [-0.2, -0.15) is 4.98 Å². The fourth-order valence-corrected chi connectivity index (χ4v) is 2.25. The number of rotatable bonds is 3. The van der Waals surface area contributed by atoms with E-state index in [4.69, 9.17) is 0 Å². The van der Waals surface area contributed by atoms with Gasteiger partial charge in [0.2, 0.25) is 5.82 Å². The highest BCUT2D eigenvalue weighted by Crippen LogP contribution is 2.32. The van der Waals surface area contributed by atoms with Crippen molar-refractivity contribution < 1.29 is 4.79 Å². The van der Waals surface area contributed by atoms with E-state index in [0.717, 1.165) is 11.4 Å². The zero-order valence-corrected chi connectivity index (χ0v) is 11.3. The summed E-state index contributed by atoms with van der Waals surface area (Å²) >= 11 is 0. The van der Waals surface area contributed by atoms with Crippen LogP contribution in [0, 0.1) is 19.8 Å². The number of aromatic nitrogens is 4. The molecule has 1 saturated carbocycles. The molecule has 1 aliphatic carbocycles. The van der Waals surface area contributed by atoms with Crippen LogP contribution in [0.2, 0.25) is 0 Å². The Hall–Kier alpha value is -1.98. The summed E-state index contributed by atoms with van der Waals surface area (Å²) in [7, 11) is 0. The lowest BCUT2D eigenvalue weighted by Gasteiger charge is -2.10. The third-order valence-electron chi connectivity index (χ3n) is 3.51. The number of fused-ring (bicyclic) bond motifs is 1. The van der Waals surface area contributed by atoms with Crippen molar-refractivity contribution in [1.82, 2.24) is 24.9 Å². The van der Waals surface area contributed by atoms with Crippen molar-refractivity contribution in [3.63, 3.8) is 0 Å². The molecule has 0 bridgehead atoms. The summed E-state index contributed by atoms with van der Waals surface area (Å²) in [5.41, 5.74) is 1.79. The minimum atomic E-state index is -0.220. The highest BCUT2D eigenvalue weighted by atomic mass is 16.2. The Bertz CT molecular complexity index is 644. The lowest BCUT2D eigenvalue weighted by Crippen LogP contribution is -2.34. The van der Waals surface area contributed by atoms with Gasteiger partial charge in [0.25, 0.3) is 11.7 Å². The van der Waals surface area contributed by atoms with Crippen LogP contribution in [0.1, 0.15) is 41.8 Å². The lowest BCUT2D eigenvalue weighted by molar-refractivity contribution is 0.0925. The maximum absolute atomic E-state index is 12.1. The number of hydrogen-bond donors (Lipinski definition) is 1. The van der Waals surface area contributed by atoms with Gasteiger partial charge in [-0.1, -0.05) is 0 Å². The van der Waals surface area contributed by atoms with Gasteiger partial charge >= 0.3 is 0 Å². The first kappa shape index (κ1) is 12.1. The van der Waals surface area contributed by atoms with Gasteiger partial charge in [-0.15, -0.1) is 5.10 Å². The smallest absolute Gasteiger partial charge is 0.291 e. The third-order valence-corrected chi connectivity index (χ3v) is 3.51. The summed E-state index contributed by atoms with van der Waals surface area (Å²) in [4.78, 5) is 20.5. The third kappa shape index (κ3) is 2.30. The zero-order valence-electron chi connectivity index (χ0n) is 11.3. The van der Waals surface area contributed by atoms with E-state index in [1.165, 1.54) is 12.8 Å². The normalized spacial score (nSPS) is 16.6. The molecule has 0 aliphatic heterocycles. The quantitative estimate of drug-likeness (QED) is 0.901. The molecule has 0 spiro atoms.